The molecule has 9 nitrogen and oxygen atoms in total. The van der Waals surface area contributed by atoms with Crippen molar-refractivity contribution < 1.29 is 32.3 Å². The van der Waals surface area contributed by atoms with Crippen molar-refractivity contribution in [2.75, 3.05) is 18.8 Å². The molecule has 2 amide bonds. The van der Waals surface area contributed by atoms with E-state index in [0.717, 1.165) is 6.07 Å². The van der Waals surface area contributed by atoms with E-state index in [1.165, 1.54) is 53.7 Å². The van der Waals surface area contributed by atoms with Crippen LogP contribution in [0, 0.1) is 0 Å². The average Bonchev–Trinajstić information content (AvgIpc) is 3.52. The van der Waals surface area contributed by atoms with Crippen LogP contribution in [0.5, 0.6) is 0 Å². The molecular weight excluding hydrogens is 539 g/mol. The van der Waals surface area contributed by atoms with E-state index in [1.54, 1.807) is 19.1 Å². The van der Waals surface area contributed by atoms with Crippen molar-refractivity contribution in [3.63, 3.8) is 0 Å². The highest BCUT2D eigenvalue weighted by molar-refractivity contribution is 5.95. The molecule has 41 heavy (non-hydrogen) atoms. The Morgan fingerprint density at radius 1 is 1.17 bits per heavy atom. The SMILES string of the molecule is CC1(O)CCN(C(=O)c2ccc(-c3cc(C(F)(F)F)c4oc(CNC(=O)C=Cc5ccc(N)nc5)cc4c3)nc2)C1. The molecule has 12 heteroatoms. The van der Waals surface area contributed by atoms with Crippen molar-refractivity contribution in [2.45, 2.75) is 31.7 Å². The minimum absolute atomic E-state index is 0.133. The number of amides is 2. The van der Waals surface area contributed by atoms with Crippen LogP contribution < -0.4 is 11.1 Å². The van der Waals surface area contributed by atoms with Crippen LogP contribution >= 0.6 is 0 Å². The summed E-state index contributed by atoms with van der Waals surface area (Å²) < 4.78 is 47.5. The quantitative estimate of drug-likeness (QED) is 0.295. The topological polar surface area (TPSA) is 135 Å². The number of fused-ring (bicyclic) bond motifs is 1. The van der Waals surface area contributed by atoms with Gasteiger partial charge in [-0.3, -0.25) is 14.6 Å². The van der Waals surface area contributed by atoms with Crippen LogP contribution in [-0.2, 0) is 17.5 Å². The van der Waals surface area contributed by atoms with Gasteiger partial charge in [0.15, 0.2) is 0 Å². The molecule has 5 rings (SSSR count). The standard InChI is InChI=1S/C29H26F3N5O4/c1-28(40)8-9-37(16-28)27(39)18-4-5-23(34-14-18)19-10-20-11-21(41-26(20)22(12-19)29(30,31)32)15-36-25(38)7-3-17-2-6-24(33)35-13-17/h2-7,10-14,40H,8-9,15-16H2,1H3,(H2,33,35)(H,36,38). The number of hydrogen-bond donors (Lipinski definition) is 3. The van der Waals surface area contributed by atoms with Crippen molar-refractivity contribution in [1.82, 2.24) is 20.2 Å². The molecule has 1 atom stereocenters. The molecule has 0 radical (unpaired) electrons. The van der Waals surface area contributed by atoms with Gasteiger partial charge in [-0.2, -0.15) is 13.2 Å². The molecule has 1 saturated heterocycles. The van der Waals surface area contributed by atoms with Crippen molar-refractivity contribution >= 4 is 34.7 Å². The monoisotopic (exact) mass is 565 g/mol. The van der Waals surface area contributed by atoms with E-state index in [9.17, 15) is 27.9 Å². The first kappa shape index (κ1) is 27.8. The molecule has 3 aromatic heterocycles. The molecule has 0 aliphatic carbocycles. The van der Waals surface area contributed by atoms with Gasteiger partial charge in [0.25, 0.3) is 5.91 Å². The fourth-order valence-corrected chi connectivity index (χ4v) is 4.56. The summed E-state index contributed by atoms with van der Waals surface area (Å²) in [5.41, 5.74) is 4.57. The summed E-state index contributed by atoms with van der Waals surface area (Å²) >= 11 is 0. The van der Waals surface area contributed by atoms with Gasteiger partial charge in [-0.05, 0) is 67.4 Å². The molecule has 1 unspecified atom stereocenters. The first-order valence-electron chi connectivity index (χ1n) is 12.7. The number of nitrogens with one attached hydrogen (secondary N) is 1. The van der Waals surface area contributed by atoms with E-state index < -0.39 is 23.2 Å². The maximum Gasteiger partial charge on any atom is 0.420 e. The van der Waals surface area contributed by atoms with Crippen LogP contribution in [0.25, 0.3) is 28.3 Å². The number of carbonyl (C=O) groups is 2. The molecule has 1 aliphatic heterocycles. The molecule has 0 bridgehead atoms. The zero-order chi connectivity index (χ0) is 29.4. The van der Waals surface area contributed by atoms with Gasteiger partial charge in [0, 0.05) is 42.5 Å². The Labute approximate surface area is 232 Å². The van der Waals surface area contributed by atoms with Gasteiger partial charge in [-0.1, -0.05) is 0 Å². The number of carbonyl (C=O) groups excluding carboxylic acids is 2. The number of nitrogens with two attached hydrogens (primary N) is 1. The molecule has 0 saturated carbocycles. The second-order valence-corrected chi connectivity index (χ2v) is 10.1. The lowest BCUT2D eigenvalue weighted by atomic mass is 10.0. The van der Waals surface area contributed by atoms with Crippen LogP contribution in [0.1, 0.15) is 40.6 Å². The number of halogens is 3. The third-order valence-corrected chi connectivity index (χ3v) is 6.69. The van der Waals surface area contributed by atoms with Crippen molar-refractivity contribution in [3.05, 3.63) is 83.4 Å². The summed E-state index contributed by atoms with van der Waals surface area (Å²) in [6, 6.07) is 10.1. The van der Waals surface area contributed by atoms with Crippen molar-refractivity contribution in [2.24, 2.45) is 0 Å². The van der Waals surface area contributed by atoms with Gasteiger partial charge in [0.1, 0.15) is 17.2 Å². The molecule has 1 aromatic carbocycles. The second kappa shape index (κ2) is 10.7. The number of aliphatic hydroxyl groups is 1. The van der Waals surface area contributed by atoms with E-state index in [-0.39, 0.29) is 52.5 Å². The Morgan fingerprint density at radius 3 is 2.61 bits per heavy atom. The number of alkyl halides is 3. The van der Waals surface area contributed by atoms with E-state index >= 15 is 0 Å². The Hall–Kier alpha value is -4.71. The summed E-state index contributed by atoms with van der Waals surface area (Å²) in [4.78, 5) is 34.6. The summed E-state index contributed by atoms with van der Waals surface area (Å²) in [5, 5.41) is 12.9. The van der Waals surface area contributed by atoms with Gasteiger partial charge in [-0.25, -0.2) is 4.98 Å². The summed E-state index contributed by atoms with van der Waals surface area (Å²) in [7, 11) is 0. The van der Waals surface area contributed by atoms with Crippen LogP contribution in [0.3, 0.4) is 0 Å². The van der Waals surface area contributed by atoms with Crippen molar-refractivity contribution in [3.8, 4) is 11.3 Å². The Morgan fingerprint density at radius 2 is 1.98 bits per heavy atom. The zero-order valence-corrected chi connectivity index (χ0v) is 21.9. The third-order valence-electron chi connectivity index (χ3n) is 6.69. The number of nitrogen functional groups attached to an aromatic ring is 1. The summed E-state index contributed by atoms with van der Waals surface area (Å²) in [6.07, 6.45) is 1.33. The fourth-order valence-electron chi connectivity index (χ4n) is 4.56. The van der Waals surface area contributed by atoms with E-state index in [2.05, 4.69) is 15.3 Å². The highest BCUT2D eigenvalue weighted by Crippen LogP contribution is 2.39. The minimum atomic E-state index is -4.72. The number of β-amino-alcohol motifs (C(OH)–C–C–N with tert-alkyl or cyclic N) is 1. The predicted octanol–water partition coefficient (Wildman–Crippen LogP) is 4.42. The number of rotatable bonds is 6. The third kappa shape index (κ3) is 6.38. The lowest BCUT2D eigenvalue weighted by Crippen LogP contribution is -2.33. The number of furan rings is 1. The van der Waals surface area contributed by atoms with Gasteiger partial charge < -0.3 is 25.5 Å². The first-order chi connectivity index (χ1) is 19.4. The van der Waals surface area contributed by atoms with Gasteiger partial charge >= 0.3 is 6.18 Å². The van der Waals surface area contributed by atoms with E-state index in [1.807, 2.05) is 0 Å². The highest BCUT2D eigenvalue weighted by Gasteiger charge is 2.36. The molecule has 1 aliphatic rings. The van der Waals surface area contributed by atoms with Gasteiger partial charge in [-0.15, -0.1) is 0 Å². The summed E-state index contributed by atoms with van der Waals surface area (Å²) in [6.45, 7) is 2.11. The maximum atomic E-state index is 14.0. The molecular formula is C29H26F3N5O4. The largest absolute Gasteiger partial charge is 0.459 e. The number of hydrogen-bond acceptors (Lipinski definition) is 7. The fraction of sp³-hybridized carbons (Fsp3) is 0.241. The molecule has 4 heterocycles. The van der Waals surface area contributed by atoms with Crippen molar-refractivity contribution in [1.29, 1.82) is 0 Å². The molecule has 1 fully saturated rings. The molecule has 4 N–H and O–H groups in total. The zero-order valence-electron chi connectivity index (χ0n) is 21.9. The highest BCUT2D eigenvalue weighted by atomic mass is 19.4. The molecule has 0 spiro atoms. The number of likely N-dealkylation sites (tertiary alicyclic amines) is 1. The van der Waals surface area contributed by atoms with Crippen LogP contribution in [0.4, 0.5) is 19.0 Å². The van der Waals surface area contributed by atoms with Crippen LogP contribution in [0.15, 0.2) is 65.4 Å². The lowest BCUT2D eigenvalue weighted by Gasteiger charge is -2.19. The lowest BCUT2D eigenvalue weighted by molar-refractivity contribution is -0.136. The average molecular weight is 566 g/mol. The van der Waals surface area contributed by atoms with Gasteiger partial charge in [0.05, 0.1) is 29.0 Å². The summed E-state index contributed by atoms with van der Waals surface area (Å²) in [5.74, 6) is -0.312. The Kier molecular flexibility index (Phi) is 7.26. The van der Waals surface area contributed by atoms with Crippen LogP contribution in [0.2, 0.25) is 0 Å². The number of anilines is 1. The molecule has 212 valence electrons. The minimum Gasteiger partial charge on any atom is -0.459 e. The van der Waals surface area contributed by atoms with E-state index in [4.69, 9.17) is 10.2 Å². The number of pyridine rings is 2. The number of benzene rings is 1. The van der Waals surface area contributed by atoms with E-state index in [0.29, 0.717) is 24.3 Å². The second-order valence-electron chi connectivity index (χ2n) is 10.1. The number of nitrogens with zero attached hydrogens (tertiary/aromatic N) is 3. The first-order valence-corrected chi connectivity index (χ1v) is 12.7. The molecule has 4 aromatic rings. The van der Waals surface area contributed by atoms with Gasteiger partial charge in [0.2, 0.25) is 5.91 Å². The maximum absolute atomic E-state index is 14.0. The normalized spacial score (nSPS) is 17.4. The Balaban J connectivity index is 1.34. The van der Waals surface area contributed by atoms with Crippen LogP contribution in [-0.4, -0.2) is 50.5 Å². The smallest absolute Gasteiger partial charge is 0.420 e. The predicted molar refractivity (Wildman–Crippen MR) is 145 cm³/mol. The Bertz CT molecular complexity index is 1630. The number of aromatic nitrogens is 2.